The molecule has 0 fully saturated rings. The van der Waals surface area contributed by atoms with E-state index < -0.39 is 6.72 Å². The monoisotopic (exact) mass is 233 g/mol. The summed E-state index contributed by atoms with van der Waals surface area (Å²) in [7, 11) is 0. The van der Waals surface area contributed by atoms with Crippen molar-refractivity contribution in [2.24, 2.45) is 5.16 Å². The highest BCUT2D eigenvalue weighted by atomic mass is 32.5. The van der Waals surface area contributed by atoms with Crippen LogP contribution in [0.3, 0.4) is 0 Å². The van der Waals surface area contributed by atoms with Crippen LogP contribution in [0.2, 0.25) is 0 Å². The van der Waals surface area contributed by atoms with E-state index in [1.807, 2.05) is 0 Å². The first-order valence-electron chi connectivity index (χ1n) is 3.55. The minimum Gasteiger partial charge on any atom is -0.408 e. The van der Waals surface area contributed by atoms with Gasteiger partial charge in [0.05, 0.1) is 0 Å². The first kappa shape index (κ1) is 11.1. The quantitative estimate of drug-likeness (QED) is 0.234. The zero-order valence-corrected chi connectivity index (χ0v) is 8.65. The van der Waals surface area contributed by atoms with Crippen LogP contribution in [0.1, 0.15) is 5.56 Å². The van der Waals surface area contributed by atoms with Crippen molar-refractivity contribution in [3.63, 3.8) is 0 Å². The number of hydrogen-bond acceptors (Lipinski definition) is 4. The SMILES string of the molecule is ON=C(OP(O)(O)=S)c1ccccc1. The fourth-order valence-corrected chi connectivity index (χ4v) is 1.40. The Kier molecular flexibility index (Phi) is 3.60. The molecule has 1 rings (SSSR count). The second-order valence-corrected chi connectivity index (χ2v) is 4.94. The van der Waals surface area contributed by atoms with Crippen LogP contribution < -0.4 is 0 Å². The maximum atomic E-state index is 8.85. The van der Waals surface area contributed by atoms with Gasteiger partial charge in [-0.05, 0) is 17.3 Å². The molecule has 14 heavy (non-hydrogen) atoms. The van der Waals surface area contributed by atoms with Crippen molar-refractivity contribution in [2.45, 2.75) is 0 Å². The van der Waals surface area contributed by atoms with Gasteiger partial charge in [0.25, 0.3) is 5.90 Å². The molecule has 0 aliphatic heterocycles. The molecular weight excluding hydrogens is 225 g/mol. The van der Waals surface area contributed by atoms with Gasteiger partial charge in [-0.15, -0.1) is 0 Å². The van der Waals surface area contributed by atoms with Crippen LogP contribution in [0, 0.1) is 0 Å². The molecule has 0 aliphatic carbocycles. The van der Waals surface area contributed by atoms with E-state index in [2.05, 4.69) is 21.5 Å². The molecule has 0 saturated heterocycles. The van der Waals surface area contributed by atoms with Crippen LogP contribution in [0.5, 0.6) is 0 Å². The van der Waals surface area contributed by atoms with Crippen molar-refractivity contribution in [1.82, 2.24) is 0 Å². The Bertz CT molecular complexity index is 375. The summed E-state index contributed by atoms with van der Waals surface area (Å²) in [5, 5.41) is 11.3. The summed E-state index contributed by atoms with van der Waals surface area (Å²) in [4.78, 5) is 17.7. The Morgan fingerprint density at radius 2 is 1.86 bits per heavy atom. The Morgan fingerprint density at radius 3 is 2.29 bits per heavy atom. The first-order chi connectivity index (χ1) is 6.53. The predicted molar refractivity (Wildman–Crippen MR) is 54.6 cm³/mol. The highest BCUT2D eigenvalue weighted by molar-refractivity contribution is 8.06. The van der Waals surface area contributed by atoms with Gasteiger partial charge >= 0.3 is 6.72 Å². The molecule has 0 atom stereocenters. The molecule has 0 aliphatic rings. The van der Waals surface area contributed by atoms with Gasteiger partial charge < -0.3 is 19.5 Å². The normalized spacial score (nSPS) is 12.6. The molecule has 0 bridgehead atoms. The van der Waals surface area contributed by atoms with Crippen LogP contribution in [0.25, 0.3) is 0 Å². The molecular formula is C7H8NO4PS. The zero-order valence-electron chi connectivity index (χ0n) is 6.94. The number of benzene rings is 1. The van der Waals surface area contributed by atoms with E-state index in [9.17, 15) is 0 Å². The van der Waals surface area contributed by atoms with E-state index in [4.69, 9.17) is 15.0 Å². The topological polar surface area (TPSA) is 82.3 Å². The molecule has 0 aromatic heterocycles. The highest BCUT2D eigenvalue weighted by Crippen LogP contribution is 2.37. The van der Waals surface area contributed by atoms with Crippen molar-refractivity contribution >= 4 is 24.4 Å². The third kappa shape index (κ3) is 3.43. The number of rotatable bonds is 2. The van der Waals surface area contributed by atoms with Crippen LogP contribution in [-0.4, -0.2) is 20.9 Å². The van der Waals surface area contributed by atoms with Crippen molar-refractivity contribution < 1.29 is 19.5 Å². The third-order valence-electron chi connectivity index (χ3n) is 1.32. The van der Waals surface area contributed by atoms with Gasteiger partial charge in [-0.2, -0.15) is 0 Å². The minimum atomic E-state index is -3.86. The van der Waals surface area contributed by atoms with Crippen LogP contribution >= 0.6 is 6.72 Å². The van der Waals surface area contributed by atoms with Gasteiger partial charge in [0, 0.05) is 17.4 Å². The Balaban J connectivity index is 2.91. The van der Waals surface area contributed by atoms with E-state index in [1.54, 1.807) is 30.3 Å². The van der Waals surface area contributed by atoms with Crippen molar-refractivity contribution in [3.8, 4) is 0 Å². The Hall–Kier alpha value is -0.940. The summed E-state index contributed by atoms with van der Waals surface area (Å²) in [6, 6.07) is 8.29. The second kappa shape index (κ2) is 4.52. The molecule has 0 heterocycles. The maximum absolute atomic E-state index is 8.85. The Labute approximate surface area is 85.5 Å². The largest absolute Gasteiger partial charge is 0.408 e. The lowest BCUT2D eigenvalue weighted by Gasteiger charge is -2.10. The van der Waals surface area contributed by atoms with Gasteiger partial charge in [-0.1, -0.05) is 18.2 Å². The van der Waals surface area contributed by atoms with Gasteiger partial charge in [-0.25, -0.2) is 0 Å². The van der Waals surface area contributed by atoms with E-state index in [0.717, 1.165) is 0 Å². The van der Waals surface area contributed by atoms with Gasteiger partial charge in [0.15, 0.2) is 0 Å². The second-order valence-electron chi connectivity index (χ2n) is 2.35. The van der Waals surface area contributed by atoms with Gasteiger partial charge in [-0.3, -0.25) is 0 Å². The number of nitrogens with zero attached hydrogens (tertiary/aromatic N) is 1. The first-order valence-corrected chi connectivity index (χ1v) is 6.18. The zero-order chi connectivity index (χ0) is 10.6. The lowest BCUT2D eigenvalue weighted by molar-refractivity contribution is 0.294. The summed E-state index contributed by atoms with van der Waals surface area (Å²) < 4.78 is 4.51. The number of hydrogen-bond donors (Lipinski definition) is 3. The molecule has 0 saturated carbocycles. The number of oxime groups is 1. The van der Waals surface area contributed by atoms with E-state index in [0.29, 0.717) is 5.56 Å². The predicted octanol–water partition coefficient (Wildman–Crippen LogP) is 1.05. The third-order valence-corrected chi connectivity index (χ3v) is 1.95. The molecule has 7 heteroatoms. The average molecular weight is 233 g/mol. The average Bonchev–Trinajstić information content (AvgIpc) is 2.14. The molecule has 0 spiro atoms. The highest BCUT2D eigenvalue weighted by Gasteiger charge is 2.15. The smallest absolute Gasteiger partial charge is 0.376 e. The fraction of sp³-hybridized carbons (Fsp3) is 0. The van der Waals surface area contributed by atoms with Crippen LogP contribution in [-0.2, 0) is 16.3 Å². The van der Waals surface area contributed by atoms with Crippen LogP contribution in [0.4, 0.5) is 0 Å². The Morgan fingerprint density at radius 1 is 1.29 bits per heavy atom. The van der Waals surface area contributed by atoms with Crippen molar-refractivity contribution in [3.05, 3.63) is 35.9 Å². The van der Waals surface area contributed by atoms with Gasteiger partial charge in [0.2, 0.25) is 0 Å². The molecule has 0 amide bonds. The lowest BCUT2D eigenvalue weighted by atomic mass is 10.2. The van der Waals surface area contributed by atoms with E-state index >= 15 is 0 Å². The molecule has 1 aromatic carbocycles. The summed E-state index contributed by atoms with van der Waals surface area (Å²) in [6.07, 6.45) is 0. The van der Waals surface area contributed by atoms with E-state index in [1.165, 1.54) is 0 Å². The molecule has 76 valence electrons. The maximum Gasteiger partial charge on any atom is 0.376 e. The van der Waals surface area contributed by atoms with Gasteiger partial charge in [0.1, 0.15) is 0 Å². The lowest BCUT2D eigenvalue weighted by Crippen LogP contribution is -2.04. The summed E-state index contributed by atoms with van der Waals surface area (Å²) >= 11 is 4.24. The minimum absolute atomic E-state index is 0.307. The summed E-state index contributed by atoms with van der Waals surface area (Å²) in [5.41, 5.74) is 0.410. The molecule has 5 nitrogen and oxygen atoms in total. The fourth-order valence-electron chi connectivity index (χ4n) is 0.822. The molecule has 0 radical (unpaired) electrons. The van der Waals surface area contributed by atoms with Crippen molar-refractivity contribution in [2.75, 3.05) is 0 Å². The van der Waals surface area contributed by atoms with E-state index in [-0.39, 0.29) is 5.90 Å². The van der Waals surface area contributed by atoms with Crippen molar-refractivity contribution in [1.29, 1.82) is 0 Å². The standard InChI is InChI=1S/C7H8NO4PS/c9-8-7(12-13(10,11)14)6-4-2-1-3-5-6/h1-5,9H,(H2,10,11,14). The molecule has 1 aromatic rings. The molecule has 0 unspecified atom stereocenters. The summed E-state index contributed by atoms with van der Waals surface area (Å²) in [6.45, 7) is -3.86. The molecule has 3 N–H and O–H groups in total. The summed E-state index contributed by atoms with van der Waals surface area (Å²) in [5.74, 6) is -0.307. The van der Waals surface area contributed by atoms with Crippen LogP contribution in [0.15, 0.2) is 35.5 Å².